The Bertz CT molecular complexity index is 3580. The maximum absolute atomic E-state index is 6.63. The van der Waals surface area contributed by atoms with E-state index in [0.717, 1.165) is 111 Å². The lowest BCUT2D eigenvalue weighted by Crippen LogP contribution is -2.00. The van der Waals surface area contributed by atoms with Crippen LogP contribution in [0, 0.1) is 0 Å². The van der Waals surface area contributed by atoms with Gasteiger partial charge in [-0.15, -0.1) is 0 Å². The van der Waals surface area contributed by atoms with Gasteiger partial charge in [-0.2, -0.15) is 0 Å². The molecule has 0 radical (unpaired) electrons. The summed E-state index contributed by atoms with van der Waals surface area (Å²) >= 11 is 0. The minimum atomic E-state index is 0.692. The Morgan fingerprint density at radius 1 is 0.270 bits per heavy atom. The molecule has 63 heavy (non-hydrogen) atoms. The zero-order chi connectivity index (χ0) is 41.7. The number of fused-ring (bicyclic) bond motifs is 6. The second-order valence-electron chi connectivity index (χ2n) is 15.9. The zero-order valence-corrected chi connectivity index (χ0v) is 34.1. The summed E-state index contributed by atoms with van der Waals surface area (Å²) < 4.78 is 6.63. The average Bonchev–Trinajstić information content (AvgIpc) is 3.74. The van der Waals surface area contributed by atoms with Gasteiger partial charge >= 0.3 is 0 Å². The molecule has 0 unspecified atom stereocenters. The number of aromatic nitrogens is 3. The van der Waals surface area contributed by atoms with Gasteiger partial charge in [0.2, 0.25) is 0 Å². The number of hydrogen-bond acceptors (Lipinski definition) is 4. The van der Waals surface area contributed by atoms with Gasteiger partial charge in [0.15, 0.2) is 5.82 Å². The van der Waals surface area contributed by atoms with Crippen LogP contribution in [0.1, 0.15) is 0 Å². The number of benzene rings is 9. The molecule has 0 bridgehead atoms. The molecule has 0 aliphatic rings. The third kappa shape index (κ3) is 6.36. The second-order valence-corrected chi connectivity index (χ2v) is 15.9. The van der Waals surface area contributed by atoms with E-state index in [1.165, 1.54) is 5.39 Å². The third-order valence-corrected chi connectivity index (χ3v) is 12.1. The first-order valence-corrected chi connectivity index (χ1v) is 21.3. The van der Waals surface area contributed by atoms with Gasteiger partial charge < -0.3 is 4.42 Å². The maximum atomic E-state index is 6.63. The molecule has 3 heterocycles. The van der Waals surface area contributed by atoms with Gasteiger partial charge in [0, 0.05) is 60.3 Å². The van der Waals surface area contributed by atoms with Gasteiger partial charge in [0.05, 0.1) is 22.6 Å². The van der Waals surface area contributed by atoms with E-state index in [1.54, 1.807) is 0 Å². The van der Waals surface area contributed by atoms with E-state index in [-0.39, 0.29) is 0 Å². The smallest absolute Gasteiger partial charge is 0.160 e. The average molecular weight is 804 g/mol. The van der Waals surface area contributed by atoms with Crippen molar-refractivity contribution in [1.29, 1.82) is 0 Å². The Hall–Kier alpha value is -8.47. The monoisotopic (exact) mass is 803 g/mol. The van der Waals surface area contributed by atoms with Crippen LogP contribution in [0.5, 0.6) is 0 Å². The van der Waals surface area contributed by atoms with Crippen LogP contribution in [-0.4, -0.2) is 15.0 Å². The van der Waals surface area contributed by atoms with E-state index < -0.39 is 0 Å². The van der Waals surface area contributed by atoms with Crippen molar-refractivity contribution in [3.05, 3.63) is 224 Å². The summed E-state index contributed by atoms with van der Waals surface area (Å²) in [6.45, 7) is 0. The predicted octanol–water partition coefficient (Wildman–Crippen LogP) is 15.7. The predicted molar refractivity (Wildman–Crippen MR) is 260 cm³/mol. The van der Waals surface area contributed by atoms with Crippen molar-refractivity contribution < 1.29 is 4.42 Å². The third-order valence-electron chi connectivity index (χ3n) is 12.1. The normalized spacial score (nSPS) is 11.5. The largest absolute Gasteiger partial charge is 0.456 e. The van der Waals surface area contributed by atoms with E-state index in [4.69, 9.17) is 19.4 Å². The van der Waals surface area contributed by atoms with Crippen molar-refractivity contribution in [3.8, 4) is 78.5 Å². The molecule has 0 saturated heterocycles. The molecular weight excluding hydrogens is 767 g/mol. The van der Waals surface area contributed by atoms with Crippen molar-refractivity contribution in [3.63, 3.8) is 0 Å². The molecule has 0 aliphatic carbocycles. The molecule has 0 aliphatic heterocycles. The van der Waals surface area contributed by atoms with Crippen molar-refractivity contribution >= 4 is 43.6 Å². The number of nitrogens with zero attached hydrogens (tertiary/aromatic N) is 3. The fraction of sp³-hybridized carbons (Fsp3) is 0. The molecular formula is C59H37N3O. The minimum Gasteiger partial charge on any atom is -0.456 e. The van der Waals surface area contributed by atoms with Gasteiger partial charge in [0.25, 0.3) is 0 Å². The molecule has 4 nitrogen and oxygen atoms in total. The van der Waals surface area contributed by atoms with Crippen LogP contribution < -0.4 is 0 Å². The minimum absolute atomic E-state index is 0.692. The first-order valence-electron chi connectivity index (χ1n) is 21.3. The summed E-state index contributed by atoms with van der Waals surface area (Å²) in [5, 5.41) is 5.55. The van der Waals surface area contributed by atoms with Crippen LogP contribution in [0.15, 0.2) is 229 Å². The summed E-state index contributed by atoms with van der Waals surface area (Å²) in [6, 6.07) is 78.4. The fourth-order valence-corrected chi connectivity index (χ4v) is 9.17. The van der Waals surface area contributed by atoms with E-state index in [0.29, 0.717) is 5.82 Å². The molecule has 4 heteroatoms. The summed E-state index contributed by atoms with van der Waals surface area (Å²) in [5.41, 5.74) is 15.9. The Balaban J connectivity index is 1.03. The molecule has 12 aromatic rings. The van der Waals surface area contributed by atoms with E-state index >= 15 is 0 Å². The van der Waals surface area contributed by atoms with Crippen LogP contribution in [0.2, 0.25) is 0 Å². The molecule has 12 rings (SSSR count). The zero-order valence-electron chi connectivity index (χ0n) is 34.1. The first kappa shape index (κ1) is 36.4. The molecule has 0 amide bonds. The Morgan fingerprint density at radius 3 is 1.44 bits per heavy atom. The number of furan rings is 1. The highest BCUT2D eigenvalue weighted by Crippen LogP contribution is 2.47. The van der Waals surface area contributed by atoms with Crippen molar-refractivity contribution in [2.24, 2.45) is 0 Å². The van der Waals surface area contributed by atoms with Crippen LogP contribution in [-0.2, 0) is 0 Å². The molecule has 9 aromatic carbocycles. The van der Waals surface area contributed by atoms with Crippen molar-refractivity contribution in [2.45, 2.75) is 0 Å². The fourth-order valence-electron chi connectivity index (χ4n) is 9.17. The first-order chi connectivity index (χ1) is 31.2. The van der Waals surface area contributed by atoms with Gasteiger partial charge in [0.1, 0.15) is 11.2 Å². The van der Waals surface area contributed by atoms with Gasteiger partial charge in [-0.25, -0.2) is 15.0 Å². The standard InChI is InChI=1S/C59H37N3O/c1-5-18-39(19-6-1)52-54-46-28-13-15-30-49(46)60-56(48(54)37-51-55(52)47-29-14-16-31-50(47)63-51)45-27-17-26-44(36-45)38-32-34-40(35-33-38)53-57(41-20-7-2-8-21-41)61-59(43-24-11-4-12-25-43)62-58(53)42-22-9-3-10-23-42/h1-37H. The lowest BCUT2D eigenvalue weighted by molar-refractivity contribution is 0.669. The number of rotatable bonds is 7. The lowest BCUT2D eigenvalue weighted by Gasteiger charge is -2.17. The van der Waals surface area contributed by atoms with Crippen LogP contribution in [0.3, 0.4) is 0 Å². The van der Waals surface area contributed by atoms with Crippen LogP contribution in [0.25, 0.3) is 122 Å². The van der Waals surface area contributed by atoms with Crippen LogP contribution in [0.4, 0.5) is 0 Å². The summed E-state index contributed by atoms with van der Waals surface area (Å²) in [4.78, 5) is 16.0. The van der Waals surface area contributed by atoms with Gasteiger partial charge in [-0.1, -0.05) is 200 Å². The highest BCUT2D eigenvalue weighted by atomic mass is 16.3. The SMILES string of the molecule is c1ccc(-c2nc(-c3ccccc3)c(-c3ccc(-c4cccc(-c5nc6ccccc6c6c(-c7ccccc7)c7c(cc56)oc5ccccc57)c4)cc3)c(-c3ccccc3)n2)cc1. The summed E-state index contributed by atoms with van der Waals surface area (Å²) in [6.07, 6.45) is 0. The quantitative estimate of drug-likeness (QED) is 0.151. The maximum Gasteiger partial charge on any atom is 0.160 e. The molecule has 0 spiro atoms. The molecule has 0 fully saturated rings. The van der Waals surface area contributed by atoms with Gasteiger partial charge in [-0.05, 0) is 46.5 Å². The molecule has 294 valence electrons. The highest BCUT2D eigenvalue weighted by Gasteiger charge is 2.23. The van der Waals surface area contributed by atoms with Crippen molar-refractivity contribution in [1.82, 2.24) is 15.0 Å². The number of para-hydroxylation sites is 2. The number of pyridine rings is 1. The molecule has 0 saturated carbocycles. The highest BCUT2D eigenvalue weighted by molar-refractivity contribution is 6.27. The van der Waals surface area contributed by atoms with Crippen LogP contribution >= 0.6 is 0 Å². The second kappa shape index (κ2) is 15.2. The summed E-state index contributed by atoms with van der Waals surface area (Å²) in [7, 11) is 0. The molecule has 0 atom stereocenters. The molecule has 0 N–H and O–H groups in total. The van der Waals surface area contributed by atoms with E-state index in [1.807, 2.05) is 36.4 Å². The van der Waals surface area contributed by atoms with E-state index in [9.17, 15) is 0 Å². The van der Waals surface area contributed by atoms with Crippen molar-refractivity contribution in [2.75, 3.05) is 0 Å². The number of hydrogen-bond donors (Lipinski definition) is 0. The Kier molecular flexibility index (Phi) is 8.79. The Labute approximate surface area is 364 Å². The summed E-state index contributed by atoms with van der Waals surface area (Å²) in [5.74, 6) is 0.692. The van der Waals surface area contributed by atoms with Gasteiger partial charge in [-0.3, -0.25) is 0 Å². The topological polar surface area (TPSA) is 51.8 Å². The Morgan fingerprint density at radius 2 is 0.778 bits per heavy atom. The lowest BCUT2D eigenvalue weighted by atomic mass is 9.89. The van der Waals surface area contributed by atoms with E-state index in [2.05, 4.69) is 188 Å². The molecule has 3 aromatic heterocycles.